The Labute approximate surface area is 81.2 Å². The summed E-state index contributed by atoms with van der Waals surface area (Å²) in [5.74, 6) is 0.805. The number of aryl methyl sites for hydroxylation is 1. The Bertz CT molecular complexity index is 395. The van der Waals surface area contributed by atoms with Gasteiger partial charge in [-0.05, 0) is 24.6 Å². The average molecular weight is 190 g/mol. The van der Waals surface area contributed by atoms with Gasteiger partial charge in [0.15, 0.2) is 11.9 Å². The van der Waals surface area contributed by atoms with Crippen molar-refractivity contribution in [2.45, 2.75) is 13.0 Å². The van der Waals surface area contributed by atoms with Crippen molar-refractivity contribution in [2.24, 2.45) is 0 Å². The maximum absolute atomic E-state index is 9.75. The molecule has 4 heteroatoms. The first-order valence-electron chi connectivity index (χ1n) is 4.27. The third-order valence-electron chi connectivity index (χ3n) is 1.86. The summed E-state index contributed by atoms with van der Waals surface area (Å²) in [4.78, 5) is 8.03. The van der Waals surface area contributed by atoms with Gasteiger partial charge in [-0.2, -0.15) is 0 Å². The van der Waals surface area contributed by atoms with Crippen LogP contribution >= 0.6 is 0 Å². The Morgan fingerprint density at radius 2 is 2.07 bits per heavy atom. The van der Waals surface area contributed by atoms with Gasteiger partial charge >= 0.3 is 0 Å². The highest BCUT2D eigenvalue weighted by atomic mass is 16.4. The Morgan fingerprint density at radius 3 is 2.64 bits per heavy atom. The maximum atomic E-state index is 9.75. The first kappa shape index (κ1) is 8.90. The van der Waals surface area contributed by atoms with Crippen molar-refractivity contribution in [1.82, 2.24) is 9.97 Å². The van der Waals surface area contributed by atoms with Crippen molar-refractivity contribution < 1.29 is 9.52 Å². The average Bonchev–Trinajstić information content (AvgIpc) is 2.71. The highest BCUT2D eigenvalue weighted by Gasteiger charge is 2.15. The summed E-state index contributed by atoms with van der Waals surface area (Å²) in [6, 6.07) is 3.40. The molecule has 0 saturated carbocycles. The van der Waals surface area contributed by atoms with Crippen LogP contribution in [0.5, 0.6) is 0 Å². The van der Waals surface area contributed by atoms with E-state index in [4.69, 9.17) is 4.42 Å². The molecule has 0 spiro atoms. The fourth-order valence-corrected chi connectivity index (χ4v) is 1.12. The largest absolute Gasteiger partial charge is 0.466 e. The quantitative estimate of drug-likeness (QED) is 0.778. The Morgan fingerprint density at radius 1 is 1.36 bits per heavy atom. The molecule has 2 rings (SSSR count). The van der Waals surface area contributed by atoms with E-state index in [9.17, 15) is 5.11 Å². The molecule has 0 radical (unpaired) electrons. The number of aliphatic hydroxyl groups excluding tert-OH is 1. The Balaban J connectivity index is 2.28. The summed E-state index contributed by atoms with van der Waals surface area (Å²) in [5, 5.41) is 9.75. The van der Waals surface area contributed by atoms with Gasteiger partial charge in [-0.25, -0.2) is 9.97 Å². The molecule has 0 aliphatic rings. The summed E-state index contributed by atoms with van der Waals surface area (Å²) >= 11 is 0. The van der Waals surface area contributed by atoms with E-state index in [1.54, 1.807) is 24.5 Å². The summed E-state index contributed by atoms with van der Waals surface area (Å²) in [5.41, 5.74) is 0.959. The van der Waals surface area contributed by atoms with E-state index in [1.807, 2.05) is 6.92 Å². The van der Waals surface area contributed by atoms with Gasteiger partial charge in [0.2, 0.25) is 0 Å². The second kappa shape index (κ2) is 3.59. The van der Waals surface area contributed by atoms with Crippen LogP contribution in [0.15, 0.2) is 35.2 Å². The standard InChI is InChI=1S/C10H10N2O2/c1-7-5-11-10(12-6-7)9(13)8-3-2-4-14-8/h2-6,9,13H,1H3. The molecule has 2 aromatic heterocycles. The summed E-state index contributed by atoms with van der Waals surface area (Å²) < 4.78 is 5.05. The van der Waals surface area contributed by atoms with Crippen molar-refractivity contribution in [3.8, 4) is 0 Å². The molecule has 0 saturated heterocycles. The van der Waals surface area contributed by atoms with Gasteiger partial charge in [-0.15, -0.1) is 0 Å². The third kappa shape index (κ3) is 1.65. The lowest BCUT2D eigenvalue weighted by Gasteiger charge is -2.05. The van der Waals surface area contributed by atoms with Crippen LogP contribution in [-0.2, 0) is 0 Å². The molecule has 4 nitrogen and oxygen atoms in total. The van der Waals surface area contributed by atoms with Crippen molar-refractivity contribution in [1.29, 1.82) is 0 Å². The molecule has 0 aromatic carbocycles. The first-order valence-corrected chi connectivity index (χ1v) is 4.27. The molecular formula is C10H10N2O2. The molecule has 2 aromatic rings. The zero-order chi connectivity index (χ0) is 9.97. The molecule has 0 amide bonds. The van der Waals surface area contributed by atoms with Gasteiger partial charge in [0.1, 0.15) is 5.76 Å². The molecule has 1 unspecified atom stereocenters. The van der Waals surface area contributed by atoms with Gasteiger partial charge < -0.3 is 9.52 Å². The van der Waals surface area contributed by atoms with Gasteiger partial charge in [0.05, 0.1) is 6.26 Å². The van der Waals surface area contributed by atoms with Crippen LogP contribution in [0, 0.1) is 6.92 Å². The number of hydrogen-bond donors (Lipinski definition) is 1. The fraction of sp³-hybridized carbons (Fsp3) is 0.200. The molecule has 72 valence electrons. The second-order valence-corrected chi connectivity index (χ2v) is 3.04. The van der Waals surface area contributed by atoms with Crippen LogP contribution in [-0.4, -0.2) is 15.1 Å². The minimum atomic E-state index is -0.884. The van der Waals surface area contributed by atoms with Gasteiger partial charge in [0, 0.05) is 12.4 Å². The fourth-order valence-electron chi connectivity index (χ4n) is 1.12. The van der Waals surface area contributed by atoms with E-state index in [-0.39, 0.29) is 0 Å². The number of furan rings is 1. The van der Waals surface area contributed by atoms with Gasteiger partial charge in [-0.1, -0.05) is 0 Å². The molecule has 0 bridgehead atoms. The van der Waals surface area contributed by atoms with Crippen LogP contribution in [0.3, 0.4) is 0 Å². The molecule has 0 aliphatic heterocycles. The van der Waals surface area contributed by atoms with E-state index < -0.39 is 6.10 Å². The summed E-state index contributed by atoms with van der Waals surface area (Å²) in [6.45, 7) is 1.89. The van der Waals surface area contributed by atoms with Gasteiger partial charge in [0.25, 0.3) is 0 Å². The lowest BCUT2D eigenvalue weighted by Crippen LogP contribution is -2.03. The van der Waals surface area contributed by atoms with Crippen LogP contribution in [0.2, 0.25) is 0 Å². The van der Waals surface area contributed by atoms with E-state index in [0.29, 0.717) is 11.6 Å². The third-order valence-corrected chi connectivity index (χ3v) is 1.86. The van der Waals surface area contributed by atoms with E-state index in [2.05, 4.69) is 9.97 Å². The molecule has 0 fully saturated rings. The van der Waals surface area contributed by atoms with E-state index in [0.717, 1.165) is 5.56 Å². The normalized spacial score (nSPS) is 12.7. The SMILES string of the molecule is Cc1cnc(C(O)c2ccco2)nc1. The smallest absolute Gasteiger partial charge is 0.171 e. The van der Waals surface area contributed by atoms with E-state index in [1.165, 1.54) is 6.26 Å². The predicted molar refractivity (Wildman–Crippen MR) is 49.5 cm³/mol. The van der Waals surface area contributed by atoms with Crippen LogP contribution in [0.4, 0.5) is 0 Å². The predicted octanol–water partition coefficient (Wildman–Crippen LogP) is 1.46. The maximum Gasteiger partial charge on any atom is 0.171 e. The zero-order valence-electron chi connectivity index (χ0n) is 7.71. The molecule has 0 aliphatic carbocycles. The summed E-state index contributed by atoms with van der Waals surface area (Å²) in [7, 11) is 0. The number of rotatable bonds is 2. The molecule has 1 atom stereocenters. The first-order chi connectivity index (χ1) is 6.77. The molecule has 14 heavy (non-hydrogen) atoms. The lowest BCUT2D eigenvalue weighted by molar-refractivity contribution is 0.180. The minimum Gasteiger partial charge on any atom is -0.466 e. The van der Waals surface area contributed by atoms with Crippen molar-refractivity contribution >= 4 is 0 Å². The number of aromatic nitrogens is 2. The Kier molecular flexibility index (Phi) is 2.28. The molecule has 1 N–H and O–H groups in total. The molecule has 2 heterocycles. The van der Waals surface area contributed by atoms with Crippen molar-refractivity contribution in [3.05, 3.63) is 47.9 Å². The van der Waals surface area contributed by atoms with Crippen LogP contribution < -0.4 is 0 Å². The Hall–Kier alpha value is -1.68. The zero-order valence-corrected chi connectivity index (χ0v) is 7.71. The van der Waals surface area contributed by atoms with Crippen molar-refractivity contribution in [2.75, 3.05) is 0 Å². The minimum absolute atomic E-state index is 0.352. The second-order valence-electron chi connectivity index (χ2n) is 3.04. The van der Waals surface area contributed by atoms with Crippen LogP contribution in [0.1, 0.15) is 23.3 Å². The van der Waals surface area contributed by atoms with Gasteiger partial charge in [-0.3, -0.25) is 0 Å². The highest BCUT2D eigenvalue weighted by molar-refractivity contribution is 5.12. The van der Waals surface area contributed by atoms with Crippen LogP contribution in [0.25, 0.3) is 0 Å². The number of aliphatic hydroxyl groups is 1. The van der Waals surface area contributed by atoms with Crippen molar-refractivity contribution in [3.63, 3.8) is 0 Å². The molecular weight excluding hydrogens is 180 g/mol. The van der Waals surface area contributed by atoms with E-state index >= 15 is 0 Å². The topological polar surface area (TPSA) is 59.2 Å². The number of hydrogen-bond acceptors (Lipinski definition) is 4. The monoisotopic (exact) mass is 190 g/mol. The summed E-state index contributed by atoms with van der Waals surface area (Å²) in [6.07, 6.45) is 3.95. The number of nitrogens with zero attached hydrogens (tertiary/aromatic N) is 2. The lowest BCUT2D eigenvalue weighted by atomic mass is 10.2. The highest BCUT2D eigenvalue weighted by Crippen LogP contribution is 2.18.